The van der Waals surface area contributed by atoms with Gasteiger partial charge >= 0.3 is 0 Å². The Balaban J connectivity index is 1.51. The Bertz CT molecular complexity index is 1650. The van der Waals surface area contributed by atoms with Gasteiger partial charge in [-0.1, -0.05) is 68.4 Å². The van der Waals surface area contributed by atoms with Gasteiger partial charge in [0, 0.05) is 21.8 Å². The summed E-state index contributed by atoms with van der Waals surface area (Å²) in [6.07, 6.45) is 3.07. The minimum atomic E-state index is -0.480. The Morgan fingerprint density at radius 3 is 2.27 bits per heavy atom. The Labute approximate surface area is 269 Å². The van der Waals surface area contributed by atoms with Crippen molar-refractivity contribution in [1.29, 1.82) is 0 Å². The highest BCUT2D eigenvalue weighted by Gasteiger charge is 2.21. The van der Waals surface area contributed by atoms with E-state index in [0.717, 1.165) is 33.7 Å². The predicted molar refractivity (Wildman–Crippen MR) is 184 cm³/mol. The molecule has 0 saturated heterocycles. The molecule has 7 nitrogen and oxygen atoms in total. The van der Waals surface area contributed by atoms with Crippen LogP contribution in [-0.4, -0.2) is 29.6 Å². The first-order valence-electron chi connectivity index (χ1n) is 15.1. The van der Waals surface area contributed by atoms with E-state index in [4.69, 9.17) is 4.74 Å². The summed E-state index contributed by atoms with van der Waals surface area (Å²) in [7, 11) is 0. The summed E-state index contributed by atoms with van der Waals surface area (Å²) in [5, 5.41) is 8.49. The molecule has 3 N–H and O–H groups in total. The Morgan fingerprint density at radius 2 is 1.58 bits per heavy atom. The van der Waals surface area contributed by atoms with Crippen LogP contribution in [0.25, 0.3) is 6.08 Å². The second-order valence-electron chi connectivity index (χ2n) is 10.3. The van der Waals surface area contributed by atoms with Crippen molar-refractivity contribution in [3.63, 3.8) is 0 Å². The van der Waals surface area contributed by atoms with Crippen molar-refractivity contribution < 1.29 is 19.1 Å². The van der Waals surface area contributed by atoms with Gasteiger partial charge in [-0.3, -0.25) is 14.4 Å². The van der Waals surface area contributed by atoms with E-state index < -0.39 is 11.8 Å². The van der Waals surface area contributed by atoms with Crippen molar-refractivity contribution in [1.82, 2.24) is 5.32 Å². The van der Waals surface area contributed by atoms with Gasteiger partial charge in [0.25, 0.3) is 11.8 Å². The molecule has 1 atom stereocenters. The molecule has 0 aromatic heterocycles. The van der Waals surface area contributed by atoms with Crippen LogP contribution in [0.3, 0.4) is 0 Å². The number of benzene rings is 4. The van der Waals surface area contributed by atoms with Crippen LogP contribution in [0.2, 0.25) is 0 Å². The molecular formula is C37H39N3O4S. The number of nitrogens with one attached hydrogen (secondary N) is 3. The van der Waals surface area contributed by atoms with Crippen LogP contribution in [0.1, 0.15) is 54.2 Å². The van der Waals surface area contributed by atoms with E-state index in [1.54, 1.807) is 36.4 Å². The molecule has 0 bridgehead atoms. The van der Waals surface area contributed by atoms with E-state index in [1.165, 1.54) is 11.8 Å². The molecule has 4 aromatic carbocycles. The number of hydrogen-bond acceptors (Lipinski definition) is 5. The maximum Gasteiger partial charge on any atom is 0.272 e. The number of amides is 3. The van der Waals surface area contributed by atoms with Gasteiger partial charge in [0.1, 0.15) is 11.4 Å². The molecule has 3 amide bonds. The van der Waals surface area contributed by atoms with Gasteiger partial charge in [-0.25, -0.2) is 0 Å². The predicted octanol–water partition coefficient (Wildman–Crippen LogP) is 7.88. The fourth-order valence-corrected chi connectivity index (χ4v) is 5.69. The van der Waals surface area contributed by atoms with Gasteiger partial charge in [-0.2, -0.15) is 0 Å². The van der Waals surface area contributed by atoms with E-state index in [-0.39, 0.29) is 16.9 Å². The van der Waals surface area contributed by atoms with Crippen LogP contribution in [0, 0.1) is 6.92 Å². The number of carbonyl (C=O) groups is 3. The maximum atomic E-state index is 13.6. The van der Waals surface area contributed by atoms with Gasteiger partial charge in [0.05, 0.1) is 11.9 Å². The van der Waals surface area contributed by atoms with Gasteiger partial charge in [-0.15, -0.1) is 11.8 Å². The van der Waals surface area contributed by atoms with Crippen LogP contribution in [0.4, 0.5) is 11.4 Å². The highest BCUT2D eigenvalue weighted by Crippen LogP contribution is 2.30. The number of aryl methyl sites for hydroxylation is 2. The SMILES string of the molecule is CCOc1ccc(/C=C(/NC(=O)c2ccccc2)C(=O)Nc2cccc(SC(CC)C(=O)Nc3c(C)cccc3CC)c2)cc1. The molecule has 0 aliphatic rings. The van der Waals surface area contributed by atoms with Crippen LogP contribution in [0.5, 0.6) is 5.75 Å². The molecule has 45 heavy (non-hydrogen) atoms. The minimum absolute atomic E-state index is 0.0647. The average Bonchev–Trinajstić information content (AvgIpc) is 3.05. The fourth-order valence-electron chi connectivity index (χ4n) is 4.67. The number of ether oxygens (including phenoxy) is 1. The summed E-state index contributed by atoms with van der Waals surface area (Å²) in [5.74, 6) is -0.229. The van der Waals surface area contributed by atoms with E-state index in [1.807, 2.05) is 87.5 Å². The van der Waals surface area contributed by atoms with Crippen LogP contribution in [0.15, 0.2) is 108 Å². The number of anilines is 2. The Hall–Kier alpha value is -4.82. The molecule has 4 aromatic rings. The highest BCUT2D eigenvalue weighted by atomic mass is 32.2. The first kappa shape index (κ1) is 33.1. The van der Waals surface area contributed by atoms with E-state index in [2.05, 4.69) is 22.9 Å². The fraction of sp³-hybridized carbons (Fsp3) is 0.216. The number of carbonyl (C=O) groups excluding carboxylic acids is 3. The van der Waals surface area contributed by atoms with Crippen molar-refractivity contribution in [2.24, 2.45) is 0 Å². The van der Waals surface area contributed by atoms with Gasteiger partial charge in [0.15, 0.2) is 0 Å². The minimum Gasteiger partial charge on any atom is -0.494 e. The van der Waals surface area contributed by atoms with Crippen molar-refractivity contribution in [2.75, 3.05) is 17.2 Å². The van der Waals surface area contributed by atoms with Gasteiger partial charge in [0.2, 0.25) is 5.91 Å². The standard InChI is InChI=1S/C37H39N3O4S/c1-5-27-16-11-13-25(4)34(27)40-37(43)33(6-2)45-31-18-12-17-29(24-31)38-36(42)32(39-35(41)28-14-9-8-10-15-28)23-26-19-21-30(22-20-26)44-7-3/h8-24,33H,5-7H2,1-4H3,(H,38,42)(H,39,41)(H,40,43)/b32-23+. The lowest BCUT2D eigenvalue weighted by Crippen LogP contribution is -2.30. The lowest BCUT2D eigenvalue weighted by molar-refractivity contribution is -0.116. The molecule has 0 fully saturated rings. The Kier molecular flexibility index (Phi) is 12.0. The summed E-state index contributed by atoms with van der Waals surface area (Å²) in [4.78, 5) is 40.7. The zero-order valence-electron chi connectivity index (χ0n) is 26.1. The summed E-state index contributed by atoms with van der Waals surface area (Å²) >= 11 is 1.44. The van der Waals surface area contributed by atoms with E-state index >= 15 is 0 Å². The molecule has 0 heterocycles. The Morgan fingerprint density at radius 1 is 0.844 bits per heavy atom. The highest BCUT2D eigenvalue weighted by molar-refractivity contribution is 8.00. The molecule has 232 valence electrons. The van der Waals surface area contributed by atoms with Crippen LogP contribution >= 0.6 is 11.8 Å². The summed E-state index contributed by atoms with van der Waals surface area (Å²) in [6.45, 7) is 8.50. The van der Waals surface area contributed by atoms with Crippen molar-refractivity contribution >= 4 is 46.9 Å². The first-order valence-corrected chi connectivity index (χ1v) is 16.0. The second kappa shape index (κ2) is 16.3. The molecule has 0 radical (unpaired) electrons. The van der Waals surface area contributed by atoms with Crippen molar-refractivity contribution in [3.8, 4) is 5.75 Å². The van der Waals surface area contributed by atoms with Crippen molar-refractivity contribution in [2.45, 2.75) is 50.7 Å². The lowest BCUT2D eigenvalue weighted by atomic mass is 10.1. The number of rotatable bonds is 13. The monoisotopic (exact) mass is 621 g/mol. The third-order valence-electron chi connectivity index (χ3n) is 7.05. The average molecular weight is 622 g/mol. The summed E-state index contributed by atoms with van der Waals surface area (Å²) < 4.78 is 5.52. The zero-order valence-corrected chi connectivity index (χ0v) is 26.9. The maximum absolute atomic E-state index is 13.6. The molecule has 0 aliphatic heterocycles. The van der Waals surface area contributed by atoms with E-state index in [9.17, 15) is 14.4 Å². The first-order chi connectivity index (χ1) is 21.8. The molecule has 0 spiro atoms. The smallest absolute Gasteiger partial charge is 0.272 e. The lowest BCUT2D eigenvalue weighted by Gasteiger charge is -2.18. The van der Waals surface area contributed by atoms with Crippen LogP contribution in [-0.2, 0) is 16.0 Å². The van der Waals surface area contributed by atoms with Gasteiger partial charge in [-0.05, 0) is 91.9 Å². The van der Waals surface area contributed by atoms with Crippen LogP contribution < -0.4 is 20.7 Å². The van der Waals surface area contributed by atoms with Crippen molar-refractivity contribution in [3.05, 3.63) is 125 Å². The molecule has 4 rings (SSSR count). The zero-order chi connectivity index (χ0) is 32.2. The normalized spacial score (nSPS) is 11.8. The third-order valence-corrected chi connectivity index (χ3v) is 8.41. The van der Waals surface area contributed by atoms with Gasteiger partial charge < -0.3 is 20.7 Å². The topological polar surface area (TPSA) is 96.5 Å². The molecular weight excluding hydrogens is 582 g/mol. The number of para-hydroxylation sites is 1. The molecule has 1 unspecified atom stereocenters. The molecule has 8 heteroatoms. The summed E-state index contributed by atoms with van der Waals surface area (Å²) in [6, 6.07) is 29.4. The number of hydrogen-bond donors (Lipinski definition) is 3. The third kappa shape index (κ3) is 9.33. The summed E-state index contributed by atoms with van der Waals surface area (Å²) in [5.41, 5.74) is 4.78. The molecule has 0 saturated carbocycles. The molecule has 0 aliphatic carbocycles. The second-order valence-corrected chi connectivity index (χ2v) is 11.6. The largest absolute Gasteiger partial charge is 0.494 e. The quantitative estimate of drug-likeness (QED) is 0.104. The van der Waals surface area contributed by atoms with E-state index in [0.29, 0.717) is 30.0 Å². The number of thioether (sulfide) groups is 1.